The number of hydrogen-bond donors (Lipinski definition) is 4. The number of para-hydroxylation sites is 2. The van der Waals surface area contributed by atoms with Gasteiger partial charge in [-0.15, -0.1) is 0 Å². The highest BCUT2D eigenvalue weighted by atomic mass is 16.2. The molecule has 0 aliphatic heterocycles. The summed E-state index contributed by atoms with van der Waals surface area (Å²) in [6.07, 6.45) is 1.82. The van der Waals surface area contributed by atoms with E-state index in [4.69, 9.17) is 0 Å². The number of carbonyl (C=O) groups excluding carboxylic acids is 4. The van der Waals surface area contributed by atoms with Gasteiger partial charge in [0.1, 0.15) is 0 Å². The fourth-order valence-electron chi connectivity index (χ4n) is 3.68. The second kappa shape index (κ2) is 16.2. The summed E-state index contributed by atoms with van der Waals surface area (Å²) < 4.78 is 0. The number of nitrogens with one attached hydrogen (secondary N) is 4. The standard InChI is InChI=1S/C30H42N4O4/c1-21(2)19-31-27(35)15-17-29(37)33-25-11-7-5-9-23(25)13-14-24-10-6-8-12-26(24)34-30(38)18-16-28(36)32-20-22(3)4/h5-12,21-22H,13-20H2,1-4H3,(H,31,35)(H,32,36)(H,33,37)(H,34,38). The molecule has 4 amide bonds. The Morgan fingerprint density at radius 2 is 0.895 bits per heavy atom. The Balaban J connectivity index is 1.90. The normalized spacial score (nSPS) is 10.8. The highest BCUT2D eigenvalue weighted by molar-refractivity contribution is 5.94. The number of carbonyl (C=O) groups is 4. The number of rotatable bonds is 15. The van der Waals surface area contributed by atoms with Crippen molar-refractivity contribution in [3.8, 4) is 0 Å². The Hall–Kier alpha value is -3.68. The second-order valence-electron chi connectivity index (χ2n) is 10.3. The SMILES string of the molecule is CC(C)CNC(=O)CCC(=O)Nc1ccccc1CCc1ccccc1NC(=O)CCC(=O)NCC(C)C. The smallest absolute Gasteiger partial charge is 0.224 e. The van der Waals surface area contributed by atoms with Gasteiger partial charge in [-0.1, -0.05) is 64.1 Å². The minimum Gasteiger partial charge on any atom is -0.356 e. The Kier molecular flexibility index (Phi) is 13.0. The molecule has 0 bridgehead atoms. The molecule has 0 saturated carbocycles. The third-order valence-corrected chi connectivity index (χ3v) is 5.82. The molecule has 4 N–H and O–H groups in total. The van der Waals surface area contributed by atoms with Crippen LogP contribution in [-0.4, -0.2) is 36.7 Å². The number of amides is 4. The minimum atomic E-state index is -0.206. The predicted molar refractivity (Wildman–Crippen MR) is 152 cm³/mol. The summed E-state index contributed by atoms with van der Waals surface area (Å²) in [6.45, 7) is 9.27. The van der Waals surface area contributed by atoms with Crippen LogP contribution >= 0.6 is 0 Å². The Morgan fingerprint density at radius 3 is 1.26 bits per heavy atom. The van der Waals surface area contributed by atoms with E-state index in [0.29, 0.717) is 49.1 Å². The first kappa shape index (κ1) is 30.5. The molecule has 0 fully saturated rings. The quantitative estimate of drug-likeness (QED) is 0.276. The van der Waals surface area contributed by atoms with Crippen molar-refractivity contribution in [1.29, 1.82) is 0 Å². The van der Waals surface area contributed by atoms with Crippen LogP contribution in [-0.2, 0) is 32.0 Å². The van der Waals surface area contributed by atoms with Crippen molar-refractivity contribution in [2.45, 2.75) is 66.2 Å². The molecule has 206 valence electrons. The number of anilines is 2. The van der Waals surface area contributed by atoms with E-state index >= 15 is 0 Å². The summed E-state index contributed by atoms with van der Waals surface area (Å²) in [4.78, 5) is 48.8. The molecule has 38 heavy (non-hydrogen) atoms. The summed E-state index contributed by atoms with van der Waals surface area (Å²) in [7, 11) is 0. The summed E-state index contributed by atoms with van der Waals surface area (Å²) >= 11 is 0. The molecular formula is C30H42N4O4. The van der Waals surface area contributed by atoms with Crippen molar-refractivity contribution in [3.05, 3.63) is 59.7 Å². The van der Waals surface area contributed by atoms with Gasteiger partial charge < -0.3 is 21.3 Å². The fourth-order valence-corrected chi connectivity index (χ4v) is 3.68. The van der Waals surface area contributed by atoms with Crippen molar-refractivity contribution >= 4 is 35.0 Å². The van der Waals surface area contributed by atoms with Crippen molar-refractivity contribution in [1.82, 2.24) is 10.6 Å². The lowest BCUT2D eigenvalue weighted by atomic mass is 10.0. The molecule has 2 aromatic carbocycles. The van der Waals surface area contributed by atoms with Crippen LogP contribution in [0.4, 0.5) is 11.4 Å². The summed E-state index contributed by atoms with van der Waals surface area (Å²) in [5, 5.41) is 11.5. The second-order valence-corrected chi connectivity index (χ2v) is 10.3. The van der Waals surface area contributed by atoms with Crippen LogP contribution < -0.4 is 21.3 Å². The highest BCUT2D eigenvalue weighted by Crippen LogP contribution is 2.22. The van der Waals surface area contributed by atoms with E-state index in [2.05, 4.69) is 21.3 Å². The van der Waals surface area contributed by atoms with Gasteiger partial charge in [0.2, 0.25) is 23.6 Å². The van der Waals surface area contributed by atoms with E-state index in [9.17, 15) is 19.2 Å². The molecule has 0 saturated heterocycles. The topological polar surface area (TPSA) is 116 Å². The zero-order valence-corrected chi connectivity index (χ0v) is 23.1. The Morgan fingerprint density at radius 1 is 0.553 bits per heavy atom. The first-order chi connectivity index (χ1) is 18.1. The van der Waals surface area contributed by atoms with Gasteiger partial charge in [-0.25, -0.2) is 0 Å². The molecule has 0 unspecified atom stereocenters. The predicted octanol–water partition coefficient (Wildman–Crippen LogP) is 4.45. The van der Waals surface area contributed by atoms with Gasteiger partial charge in [-0.3, -0.25) is 19.2 Å². The van der Waals surface area contributed by atoms with Crippen molar-refractivity contribution in [3.63, 3.8) is 0 Å². The average Bonchev–Trinajstić information content (AvgIpc) is 2.88. The third kappa shape index (κ3) is 12.0. The highest BCUT2D eigenvalue weighted by Gasteiger charge is 2.12. The summed E-state index contributed by atoms with van der Waals surface area (Å²) in [6, 6.07) is 15.2. The first-order valence-corrected chi connectivity index (χ1v) is 13.4. The lowest BCUT2D eigenvalue weighted by molar-refractivity contribution is -0.124. The van der Waals surface area contributed by atoms with Crippen LogP contribution in [0.1, 0.15) is 64.5 Å². The fraction of sp³-hybridized carbons (Fsp3) is 0.467. The van der Waals surface area contributed by atoms with E-state index in [1.54, 1.807) is 0 Å². The third-order valence-electron chi connectivity index (χ3n) is 5.82. The van der Waals surface area contributed by atoms with Crippen LogP contribution in [0.2, 0.25) is 0 Å². The maximum Gasteiger partial charge on any atom is 0.224 e. The maximum absolute atomic E-state index is 12.5. The molecule has 0 spiro atoms. The minimum absolute atomic E-state index is 0.114. The molecule has 8 heteroatoms. The van der Waals surface area contributed by atoms with E-state index in [1.165, 1.54) is 0 Å². The number of benzene rings is 2. The molecule has 8 nitrogen and oxygen atoms in total. The van der Waals surface area contributed by atoms with Gasteiger partial charge in [0, 0.05) is 50.1 Å². The van der Waals surface area contributed by atoms with Gasteiger partial charge in [0.25, 0.3) is 0 Å². The lowest BCUT2D eigenvalue weighted by Crippen LogP contribution is -2.28. The zero-order chi connectivity index (χ0) is 27.9. The van der Waals surface area contributed by atoms with Gasteiger partial charge >= 0.3 is 0 Å². The van der Waals surface area contributed by atoms with E-state index in [1.807, 2.05) is 76.2 Å². The lowest BCUT2D eigenvalue weighted by Gasteiger charge is -2.14. The Bertz CT molecular complexity index is 996. The molecule has 2 aromatic rings. The van der Waals surface area contributed by atoms with Crippen LogP contribution in [0.5, 0.6) is 0 Å². The average molecular weight is 523 g/mol. The largest absolute Gasteiger partial charge is 0.356 e. The van der Waals surface area contributed by atoms with Crippen LogP contribution in [0.15, 0.2) is 48.5 Å². The van der Waals surface area contributed by atoms with Crippen molar-refractivity contribution in [2.75, 3.05) is 23.7 Å². The van der Waals surface area contributed by atoms with Gasteiger partial charge in [0.05, 0.1) is 0 Å². The van der Waals surface area contributed by atoms with Crippen molar-refractivity contribution in [2.24, 2.45) is 11.8 Å². The van der Waals surface area contributed by atoms with Gasteiger partial charge in [-0.05, 0) is 47.9 Å². The number of aryl methyl sites for hydroxylation is 2. The van der Waals surface area contributed by atoms with Crippen molar-refractivity contribution < 1.29 is 19.2 Å². The van der Waals surface area contributed by atoms with E-state index in [-0.39, 0.29) is 49.3 Å². The van der Waals surface area contributed by atoms with E-state index in [0.717, 1.165) is 11.1 Å². The molecule has 0 atom stereocenters. The molecule has 0 aliphatic rings. The molecule has 0 aliphatic carbocycles. The maximum atomic E-state index is 12.5. The molecule has 0 aromatic heterocycles. The zero-order valence-electron chi connectivity index (χ0n) is 23.1. The summed E-state index contributed by atoms with van der Waals surface area (Å²) in [5.41, 5.74) is 3.36. The van der Waals surface area contributed by atoms with Crippen LogP contribution in [0.25, 0.3) is 0 Å². The van der Waals surface area contributed by atoms with Crippen LogP contribution in [0, 0.1) is 11.8 Å². The van der Waals surface area contributed by atoms with E-state index < -0.39 is 0 Å². The monoisotopic (exact) mass is 522 g/mol. The molecule has 2 rings (SSSR count). The first-order valence-electron chi connectivity index (χ1n) is 13.4. The Labute approximate surface area is 226 Å². The molecule has 0 heterocycles. The van der Waals surface area contributed by atoms with Gasteiger partial charge in [0.15, 0.2) is 0 Å². The molecular weight excluding hydrogens is 480 g/mol. The van der Waals surface area contributed by atoms with Crippen LogP contribution in [0.3, 0.4) is 0 Å². The molecule has 0 radical (unpaired) electrons. The van der Waals surface area contributed by atoms with Gasteiger partial charge in [-0.2, -0.15) is 0 Å². The summed E-state index contributed by atoms with van der Waals surface area (Å²) in [5.74, 6) is 0.0526. The number of hydrogen-bond acceptors (Lipinski definition) is 4.